The van der Waals surface area contributed by atoms with E-state index in [0.29, 0.717) is 17.0 Å². The molecule has 174 valence electrons. The fourth-order valence-electron chi connectivity index (χ4n) is 4.62. The van der Waals surface area contributed by atoms with Gasteiger partial charge in [0.15, 0.2) is 0 Å². The Morgan fingerprint density at radius 3 is 2.09 bits per heavy atom. The van der Waals surface area contributed by atoms with Crippen LogP contribution in [0.1, 0.15) is 39.8 Å². The number of imide groups is 1. The Bertz CT molecular complexity index is 1580. The summed E-state index contributed by atoms with van der Waals surface area (Å²) in [4.78, 5) is 28.5. The van der Waals surface area contributed by atoms with E-state index in [9.17, 15) is 9.59 Å². The number of carbonyl (C=O) groups is 2. The van der Waals surface area contributed by atoms with E-state index in [2.05, 4.69) is 55.5 Å². The molecule has 3 heterocycles. The number of ether oxygens (including phenoxy) is 1. The van der Waals surface area contributed by atoms with Crippen molar-refractivity contribution in [2.24, 2.45) is 0 Å². The molecule has 3 aromatic carbocycles. The van der Waals surface area contributed by atoms with Gasteiger partial charge in [0.1, 0.15) is 10.6 Å². The first-order chi connectivity index (χ1) is 17.1. The first kappa shape index (κ1) is 22.0. The van der Waals surface area contributed by atoms with Gasteiger partial charge in [0.05, 0.1) is 12.7 Å². The Kier molecular flexibility index (Phi) is 5.43. The van der Waals surface area contributed by atoms with Crippen LogP contribution < -0.4 is 4.74 Å². The lowest BCUT2D eigenvalue weighted by molar-refractivity contribution is 0.0653. The molecule has 6 rings (SSSR count). The molecule has 0 saturated carbocycles. The molecule has 0 saturated heterocycles. The second kappa shape index (κ2) is 8.63. The van der Waals surface area contributed by atoms with E-state index < -0.39 is 0 Å². The summed E-state index contributed by atoms with van der Waals surface area (Å²) >= 11 is 3.19. The minimum atomic E-state index is -0.157. The molecule has 0 bridgehead atoms. The highest BCUT2D eigenvalue weighted by Crippen LogP contribution is 2.41. The highest BCUT2D eigenvalue weighted by molar-refractivity contribution is 7.26. The van der Waals surface area contributed by atoms with Crippen LogP contribution in [0.3, 0.4) is 0 Å². The smallest absolute Gasteiger partial charge is 0.271 e. The molecule has 0 radical (unpaired) electrons. The van der Waals surface area contributed by atoms with Crippen LogP contribution in [0.4, 0.5) is 0 Å². The summed E-state index contributed by atoms with van der Waals surface area (Å²) in [5.41, 5.74) is 3.92. The number of nitrogens with zero attached hydrogens (tertiary/aromatic N) is 1. The predicted molar refractivity (Wildman–Crippen MR) is 145 cm³/mol. The summed E-state index contributed by atoms with van der Waals surface area (Å²) in [6.07, 6.45) is 1.79. The molecule has 0 fully saturated rings. The van der Waals surface area contributed by atoms with Crippen molar-refractivity contribution in [1.29, 1.82) is 0 Å². The average molecular weight is 498 g/mol. The summed E-state index contributed by atoms with van der Waals surface area (Å²) in [5, 5.41) is 2.46. The van der Waals surface area contributed by atoms with Crippen LogP contribution in [0, 0.1) is 0 Å². The van der Waals surface area contributed by atoms with Crippen LogP contribution in [-0.4, -0.2) is 30.4 Å². The van der Waals surface area contributed by atoms with E-state index in [1.165, 1.54) is 42.0 Å². The second-order valence-electron chi connectivity index (χ2n) is 8.72. The van der Waals surface area contributed by atoms with Crippen LogP contribution in [0.15, 0.2) is 66.7 Å². The molecule has 4 nitrogen and oxygen atoms in total. The first-order valence-corrected chi connectivity index (χ1v) is 13.3. The van der Waals surface area contributed by atoms with E-state index in [4.69, 9.17) is 4.74 Å². The van der Waals surface area contributed by atoms with Gasteiger partial charge in [0.2, 0.25) is 0 Å². The van der Waals surface area contributed by atoms with Crippen LogP contribution in [-0.2, 0) is 0 Å². The lowest BCUT2D eigenvalue weighted by atomic mass is 10.0. The first-order valence-electron chi connectivity index (χ1n) is 11.7. The summed E-state index contributed by atoms with van der Waals surface area (Å²) < 4.78 is 7.71. The van der Waals surface area contributed by atoms with E-state index in [-0.39, 0.29) is 11.8 Å². The van der Waals surface area contributed by atoms with Crippen molar-refractivity contribution in [2.45, 2.75) is 19.8 Å². The lowest BCUT2D eigenvalue weighted by Crippen LogP contribution is -2.30. The molecule has 6 heteroatoms. The molecule has 5 aromatic rings. The minimum Gasteiger partial charge on any atom is -0.497 e. The summed E-state index contributed by atoms with van der Waals surface area (Å²) in [5.74, 6) is 0.541. The Hall–Kier alpha value is -3.48. The number of benzene rings is 3. The predicted octanol–water partition coefficient (Wildman–Crippen LogP) is 7.85. The summed E-state index contributed by atoms with van der Waals surface area (Å²) in [7, 11) is 1.67. The molecule has 0 spiro atoms. The van der Waals surface area contributed by atoms with Gasteiger partial charge in [-0.1, -0.05) is 49.7 Å². The Morgan fingerprint density at radius 2 is 1.43 bits per heavy atom. The van der Waals surface area contributed by atoms with Crippen molar-refractivity contribution >= 4 is 54.7 Å². The van der Waals surface area contributed by atoms with Gasteiger partial charge in [-0.2, -0.15) is 0 Å². The Morgan fingerprint density at radius 1 is 0.771 bits per heavy atom. The molecule has 0 atom stereocenters. The molecule has 0 aliphatic carbocycles. The maximum absolute atomic E-state index is 12.8. The fraction of sp³-hybridized carbons (Fsp3) is 0.172. The zero-order valence-corrected chi connectivity index (χ0v) is 21.1. The third-order valence-electron chi connectivity index (χ3n) is 6.56. The van der Waals surface area contributed by atoms with Gasteiger partial charge in [-0.05, 0) is 53.4 Å². The van der Waals surface area contributed by atoms with E-state index in [1.54, 1.807) is 18.4 Å². The normalized spacial score (nSPS) is 13.3. The second-order valence-corrected chi connectivity index (χ2v) is 10.9. The van der Waals surface area contributed by atoms with Gasteiger partial charge in [0.25, 0.3) is 11.8 Å². The zero-order valence-electron chi connectivity index (χ0n) is 19.5. The molecule has 2 amide bonds. The van der Waals surface area contributed by atoms with Crippen molar-refractivity contribution in [3.8, 4) is 27.3 Å². The van der Waals surface area contributed by atoms with E-state index in [1.807, 2.05) is 18.2 Å². The number of carbonyl (C=O) groups excluding carboxylic acids is 2. The highest BCUT2D eigenvalue weighted by Gasteiger charge is 2.37. The van der Waals surface area contributed by atoms with Gasteiger partial charge in [-0.3, -0.25) is 14.5 Å². The number of fused-ring (bicyclic) bond motifs is 4. The number of hydrogen-bond donors (Lipinski definition) is 0. The van der Waals surface area contributed by atoms with Gasteiger partial charge < -0.3 is 4.74 Å². The van der Waals surface area contributed by atoms with Crippen molar-refractivity contribution < 1.29 is 14.3 Å². The average Bonchev–Trinajstić information content (AvgIpc) is 3.55. The van der Waals surface area contributed by atoms with Crippen molar-refractivity contribution in [1.82, 2.24) is 4.90 Å². The van der Waals surface area contributed by atoms with Crippen molar-refractivity contribution in [3.05, 3.63) is 77.2 Å². The molecule has 0 unspecified atom stereocenters. The number of methoxy groups -OCH3 is 1. The Labute approximate surface area is 211 Å². The van der Waals surface area contributed by atoms with Crippen LogP contribution in [0.5, 0.6) is 5.75 Å². The number of thiophene rings is 2. The number of amides is 2. The third kappa shape index (κ3) is 3.65. The number of rotatable bonds is 6. The monoisotopic (exact) mass is 497 g/mol. The van der Waals surface area contributed by atoms with E-state index >= 15 is 0 Å². The van der Waals surface area contributed by atoms with Crippen molar-refractivity contribution in [3.63, 3.8) is 0 Å². The van der Waals surface area contributed by atoms with Crippen LogP contribution in [0.25, 0.3) is 41.7 Å². The number of unbranched alkanes of at least 4 members (excludes halogenated alkanes) is 1. The van der Waals surface area contributed by atoms with Gasteiger partial charge in [-0.15, -0.1) is 22.7 Å². The SMILES string of the molecule is CCCCN1C(=O)c2cc(-c3ccc4c(c3)sc3cc(-c5ccc(OC)cc5)ccc34)sc2C1=O. The minimum absolute atomic E-state index is 0.149. The molecular formula is C29H23NO3S2. The maximum atomic E-state index is 12.8. The Balaban J connectivity index is 1.34. The largest absolute Gasteiger partial charge is 0.497 e. The van der Waals surface area contributed by atoms with Crippen LogP contribution >= 0.6 is 22.7 Å². The molecule has 35 heavy (non-hydrogen) atoms. The van der Waals surface area contributed by atoms with Crippen molar-refractivity contribution in [2.75, 3.05) is 13.7 Å². The third-order valence-corrected chi connectivity index (χ3v) is 8.85. The maximum Gasteiger partial charge on any atom is 0.271 e. The van der Waals surface area contributed by atoms with Gasteiger partial charge in [0, 0.05) is 31.6 Å². The van der Waals surface area contributed by atoms with E-state index in [0.717, 1.165) is 34.6 Å². The van der Waals surface area contributed by atoms with Crippen LogP contribution in [0.2, 0.25) is 0 Å². The lowest BCUT2D eigenvalue weighted by Gasteiger charge is -2.12. The molecule has 1 aliphatic heterocycles. The summed E-state index contributed by atoms with van der Waals surface area (Å²) in [6.45, 7) is 2.56. The zero-order chi connectivity index (χ0) is 24.1. The molecule has 1 aliphatic rings. The van der Waals surface area contributed by atoms with Gasteiger partial charge in [-0.25, -0.2) is 0 Å². The highest BCUT2D eigenvalue weighted by atomic mass is 32.1. The van der Waals surface area contributed by atoms with Gasteiger partial charge >= 0.3 is 0 Å². The fourth-order valence-corrected chi connectivity index (χ4v) is 6.90. The molecular weight excluding hydrogens is 474 g/mol. The topological polar surface area (TPSA) is 46.6 Å². The standard InChI is InChI=1S/C29H23NO3S2/c1-3-4-13-30-28(31)23-16-24(35-27(23)29(30)32)19-8-12-22-21-11-7-18(14-25(21)34-26(22)15-19)17-5-9-20(33-2)10-6-17/h5-12,14-16H,3-4,13H2,1-2H3. The quantitative estimate of drug-likeness (QED) is 0.224. The molecule has 2 aromatic heterocycles. The summed E-state index contributed by atoms with van der Waals surface area (Å²) in [6, 6.07) is 23.0. The molecule has 0 N–H and O–H groups in total. The number of hydrogen-bond acceptors (Lipinski definition) is 5.